The number of aromatic amines is 1. The van der Waals surface area contributed by atoms with Crippen molar-refractivity contribution in [1.29, 1.82) is 0 Å². The number of carbonyl (C=O) groups excluding carboxylic acids is 1. The average molecular weight is 566 g/mol. The highest BCUT2D eigenvalue weighted by atomic mass is 35.5. The van der Waals surface area contributed by atoms with Crippen LogP contribution in [-0.2, 0) is 6.42 Å². The van der Waals surface area contributed by atoms with Crippen LogP contribution < -0.4 is 5.32 Å². The summed E-state index contributed by atoms with van der Waals surface area (Å²) in [6.07, 6.45) is 5.23. The van der Waals surface area contributed by atoms with Gasteiger partial charge in [-0.1, -0.05) is 57.5 Å². The van der Waals surface area contributed by atoms with E-state index in [9.17, 15) is 4.79 Å². The Morgan fingerprint density at radius 3 is 2.32 bits per heavy atom. The summed E-state index contributed by atoms with van der Waals surface area (Å²) >= 11 is 9.38. The summed E-state index contributed by atoms with van der Waals surface area (Å²) in [6.45, 7) is 11.9. The Kier molecular flexibility index (Phi) is 18.1. The van der Waals surface area contributed by atoms with Crippen LogP contribution in [-0.4, -0.2) is 52.4 Å². The highest BCUT2D eigenvalue weighted by molar-refractivity contribution is 7.79. The molecule has 2 atom stereocenters. The van der Waals surface area contributed by atoms with Crippen LogP contribution in [0.3, 0.4) is 0 Å². The molecule has 0 aliphatic carbocycles. The van der Waals surface area contributed by atoms with Gasteiger partial charge in [0.2, 0.25) is 0 Å². The van der Waals surface area contributed by atoms with Crippen LogP contribution in [0.1, 0.15) is 78.9 Å². The fourth-order valence-electron chi connectivity index (χ4n) is 3.80. The van der Waals surface area contributed by atoms with Crippen molar-refractivity contribution in [2.75, 3.05) is 26.4 Å². The van der Waals surface area contributed by atoms with E-state index in [0.717, 1.165) is 37.3 Å². The topological polar surface area (TPSA) is 73.9 Å². The summed E-state index contributed by atoms with van der Waals surface area (Å²) in [6, 6.07) is 13.7. The Hall–Kier alpha value is -2.00. The minimum atomic E-state index is -0.0471. The first-order valence-corrected chi connectivity index (χ1v) is 13.8. The van der Waals surface area contributed by atoms with Crippen LogP contribution in [0.15, 0.2) is 48.7 Å². The second-order valence-corrected chi connectivity index (χ2v) is 8.67. The largest absolute Gasteiger partial charge is 0.333 e. The van der Waals surface area contributed by atoms with Crippen LogP contribution >= 0.6 is 37.7 Å². The number of amides is 1. The number of benzene rings is 1. The Labute approximate surface area is 240 Å². The maximum absolute atomic E-state index is 13.0. The number of rotatable bonds is 10. The molecular formula is C28H44ClN5OS2. The minimum absolute atomic E-state index is 0. The Morgan fingerprint density at radius 1 is 1.16 bits per heavy atom. The standard InChI is InChI=1S/C25H32ClN5O.C2H6.CH4S.H2S/c1-5-23(22-14-18(3)29-30-22)31(4)25(32)20-8-6-19(7-9-20)12-13-27-15-17(2)21-10-11-24(26)28-16-21;2*1-2;/h6-11,14,16-17,23,27H,5,12-13,15H2,1-4H3,(H,29,30);1-2H3;2H,1H3;1H2. The molecule has 2 aromatic heterocycles. The number of hydrogen-bond donors (Lipinski definition) is 3. The highest BCUT2D eigenvalue weighted by Crippen LogP contribution is 2.23. The van der Waals surface area contributed by atoms with Gasteiger partial charge in [0.05, 0.1) is 11.7 Å². The van der Waals surface area contributed by atoms with Gasteiger partial charge in [-0.3, -0.25) is 9.89 Å². The van der Waals surface area contributed by atoms with Gasteiger partial charge in [-0.2, -0.15) is 31.2 Å². The van der Waals surface area contributed by atoms with Crippen molar-refractivity contribution < 1.29 is 4.79 Å². The Morgan fingerprint density at radius 2 is 1.81 bits per heavy atom. The summed E-state index contributed by atoms with van der Waals surface area (Å²) in [7, 11) is 1.84. The predicted molar refractivity (Wildman–Crippen MR) is 166 cm³/mol. The van der Waals surface area contributed by atoms with Crippen LogP contribution in [0, 0.1) is 6.92 Å². The van der Waals surface area contributed by atoms with E-state index in [1.54, 1.807) is 11.2 Å². The number of hydrogen-bond acceptors (Lipinski definition) is 5. The van der Waals surface area contributed by atoms with Crippen LogP contribution in [0.4, 0.5) is 0 Å². The number of thiol groups is 1. The number of aryl methyl sites for hydroxylation is 1. The first-order chi connectivity index (χ1) is 17.4. The Balaban J connectivity index is 0.00000247. The lowest BCUT2D eigenvalue weighted by molar-refractivity contribution is 0.0722. The van der Waals surface area contributed by atoms with Crippen molar-refractivity contribution in [3.05, 3.63) is 81.9 Å². The monoisotopic (exact) mass is 565 g/mol. The molecule has 3 aromatic rings. The first kappa shape index (κ1) is 35.0. The highest BCUT2D eigenvalue weighted by Gasteiger charge is 2.23. The van der Waals surface area contributed by atoms with E-state index in [0.29, 0.717) is 16.6 Å². The molecule has 0 aliphatic rings. The zero-order valence-corrected chi connectivity index (χ0v) is 25.8. The molecule has 6 nitrogen and oxygen atoms in total. The second-order valence-electron chi connectivity index (χ2n) is 8.28. The average Bonchev–Trinajstić information content (AvgIpc) is 3.35. The fraction of sp³-hybridized carbons (Fsp3) is 0.464. The molecule has 0 aliphatic heterocycles. The van der Waals surface area contributed by atoms with Gasteiger partial charge in [0.15, 0.2) is 0 Å². The molecule has 0 saturated carbocycles. The lowest BCUT2D eigenvalue weighted by atomic mass is 10.0. The molecule has 0 bridgehead atoms. The fourth-order valence-corrected chi connectivity index (χ4v) is 3.91. The van der Waals surface area contributed by atoms with Crippen LogP contribution in [0.2, 0.25) is 5.15 Å². The van der Waals surface area contributed by atoms with Gasteiger partial charge in [0, 0.05) is 31.0 Å². The van der Waals surface area contributed by atoms with Gasteiger partial charge in [-0.25, -0.2) is 4.98 Å². The van der Waals surface area contributed by atoms with Crippen molar-refractivity contribution in [3.63, 3.8) is 0 Å². The van der Waals surface area contributed by atoms with Gasteiger partial charge in [0.1, 0.15) is 5.15 Å². The quantitative estimate of drug-likeness (QED) is 0.147. The van der Waals surface area contributed by atoms with Crippen LogP contribution in [0.5, 0.6) is 0 Å². The summed E-state index contributed by atoms with van der Waals surface area (Å²) < 4.78 is 0. The zero-order valence-electron chi connectivity index (χ0n) is 23.2. The molecule has 2 unspecified atom stereocenters. The molecule has 37 heavy (non-hydrogen) atoms. The number of nitrogens with one attached hydrogen (secondary N) is 2. The van der Waals surface area contributed by atoms with Crippen molar-refractivity contribution >= 4 is 43.6 Å². The van der Waals surface area contributed by atoms with E-state index in [2.05, 4.69) is 47.0 Å². The molecule has 0 fully saturated rings. The number of pyridine rings is 1. The smallest absolute Gasteiger partial charge is 0.254 e. The third kappa shape index (κ3) is 11.1. The minimum Gasteiger partial charge on any atom is -0.333 e. The summed E-state index contributed by atoms with van der Waals surface area (Å²) in [5, 5.41) is 11.3. The van der Waals surface area contributed by atoms with E-state index in [-0.39, 0.29) is 25.4 Å². The number of halogens is 1. The lowest BCUT2D eigenvalue weighted by Crippen LogP contribution is -2.31. The van der Waals surface area contributed by atoms with E-state index in [4.69, 9.17) is 11.6 Å². The number of aromatic nitrogens is 3. The predicted octanol–water partition coefficient (Wildman–Crippen LogP) is 6.61. The molecule has 0 radical (unpaired) electrons. The van der Waals surface area contributed by atoms with Gasteiger partial charge >= 0.3 is 0 Å². The van der Waals surface area contributed by atoms with Gasteiger partial charge in [0.25, 0.3) is 5.91 Å². The number of nitrogens with zero attached hydrogens (tertiary/aromatic N) is 3. The van der Waals surface area contributed by atoms with Gasteiger partial charge in [-0.15, -0.1) is 0 Å². The summed E-state index contributed by atoms with van der Waals surface area (Å²) in [5.74, 6) is 0.368. The lowest BCUT2D eigenvalue weighted by Gasteiger charge is -2.26. The molecule has 0 spiro atoms. The molecular weight excluding hydrogens is 522 g/mol. The third-order valence-corrected chi connectivity index (χ3v) is 6.03. The first-order valence-electron chi connectivity index (χ1n) is 12.5. The van der Waals surface area contributed by atoms with E-state index in [1.165, 1.54) is 11.1 Å². The molecule has 3 rings (SSSR count). The van der Waals surface area contributed by atoms with E-state index in [1.807, 2.05) is 76.5 Å². The second kappa shape index (κ2) is 19.1. The van der Waals surface area contributed by atoms with Crippen molar-refractivity contribution in [3.8, 4) is 0 Å². The third-order valence-electron chi connectivity index (χ3n) is 5.80. The van der Waals surface area contributed by atoms with Gasteiger partial charge in [-0.05, 0) is 73.9 Å². The van der Waals surface area contributed by atoms with Crippen molar-refractivity contribution in [2.45, 2.75) is 59.4 Å². The van der Waals surface area contributed by atoms with Crippen molar-refractivity contribution in [1.82, 2.24) is 25.4 Å². The van der Waals surface area contributed by atoms with Crippen molar-refractivity contribution in [2.24, 2.45) is 0 Å². The number of carbonyl (C=O) groups is 1. The maximum atomic E-state index is 13.0. The van der Waals surface area contributed by atoms with E-state index >= 15 is 0 Å². The molecule has 2 heterocycles. The van der Waals surface area contributed by atoms with Gasteiger partial charge < -0.3 is 10.2 Å². The Bertz CT molecular complexity index is 1010. The molecule has 1 amide bonds. The van der Waals surface area contributed by atoms with E-state index < -0.39 is 0 Å². The SMILES string of the molecule is CC.CCC(c1cc(C)[nH]n1)N(C)C(=O)c1ccc(CCNCC(C)c2ccc(Cl)nc2)cc1.CS.S. The van der Waals surface area contributed by atoms with Crippen LogP contribution in [0.25, 0.3) is 0 Å². The zero-order chi connectivity index (χ0) is 27.1. The summed E-state index contributed by atoms with van der Waals surface area (Å²) in [5.41, 5.74) is 4.96. The molecule has 206 valence electrons. The normalized spacial score (nSPS) is 11.6. The molecule has 2 N–H and O–H groups in total. The number of H-pyrrole nitrogens is 1. The molecule has 0 saturated heterocycles. The maximum Gasteiger partial charge on any atom is 0.254 e. The summed E-state index contributed by atoms with van der Waals surface area (Å²) in [4.78, 5) is 18.9. The molecule has 1 aromatic carbocycles. The molecule has 9 heteroatoms.